The predicted molar refractivity (Wildman–Crippen MR) is 122 cm³/mol. The number of aromatic nitrogens is 2. The van der Waals surface area contributed by atoms with Crippen LogP contribution in [0.25, 0.3) is 22.0 Å². The Balaban J connectivity index is 1.72. The number of hydrogen-bond acceptors (Lipinski definition) is 7. The minimum atomic E-state index is -3.26. The van der Waals surface area contributed by atoms with Crippen molar-refractivity contribution in [1.82, 2.24) is 9.97 Å². The van der Waals surface area contributed by atoms with Crippen LogP contribution in [0.3, 0.4) is 0 Å². The van der Waals surface area contributed by atoms with E-state index < -0.39 is 9.84 Å². The van der Waals surface area contributed by atoms with Gasteiger partial charge in [-0.05, 0) is 41.5 Å². The monoisotopic (exact) mass is 434 g/mol. The number of morpholine rings is 1. The summed E-state index contributed by atoms with van der Waals surface area (Å²) >= 11 is 0. The first kappa shape index (κ1) is 19.8. The summed E-state index contributed by atoms with van der Waals surface area (Å²) in [7, 11) is -3.26. The average molecular weight is 435 g/mol. The molecule has 0 unspecified atom stereocenters. The largest absolute Gasteiger partial charge is 0.378 e. The van der Waals surface area contributed by atoms with Gasteiger partial charge in [0.05, 0.1) is 30.4 Å². The Morgan fingerprint density at radius 2 is 1.84 bits per heavy atom. The van der Waals surface area contributed by atoms with Gasteiger partial charge in [-0.1, -0.05) is 18.2 Å². The number of aliphatic imine (C=N–C) groups is 1. The molecule has 0 spiro atoms. The van der Waals surface area contributed by atoms with Gasteiger partial charge in [0.2, 0.25) is 0 Å². The third kappa shape index (κ3) is 3.84. The van der Waals surface area contributed by atoms with Crippen LogP contribution in [0.2, 0.25) is 0 Å². The van der Waals surface area contributed by atoms with Crippen molar-refractivity contribution in [3.05, 3.63) is 60.4 Å². The third-order valence-electron chi connectivity index (χ3n) is 5.53. The fourth-order valence-electron chi connectivity index (χ4n) is 3.92. The predicted octanol–water partition coefficient (Wildman–Crippen LogP) is 2.90. The maximum absolute atomic E-state index is 11.9. The zero-order valence-corrected chi connectivity index (χ0v) is 18.0. The summed E-state index contributed by atoms with van der Waals surface area (Å²) in [6, 6.07) is 11.0. The number of allylic oxidation sites excluding steroid dienone is 1. The minimum absolute atomic E-state index is 0.302. The van der Waals surface area contributed by atoms with Crippen molar-refractivity contribution in [3.63, 3.8) is 0 Å². The summed E-state index contributed by atoms with van der Waals surface area (Å²) in [5, 5.41) is 0.956. The van der Waals surface area contributed by atoms with Crippen molar-refractivity contribution in [2.75, 3.05) is 44.0 Å². The van der Waals surface area contributed by atoms with E-state index in [-0.39, 0.29) is 0 Å². The standard InChI is InChI=1S/C23H22N4O3S/c1-31(28,29)17-6-4-16(5-7-17)19-15-21(27-11-13-30-14-12-27)26-22-18(19)8-10-25-23(22)20-3-2-9-24-20/h2-8,10,15H,9,11-14H2,1H3. The lowest BCUT2D eigenvalue weighted by molar-refractivity contribution is 0.122. The zero-order valence-electron chi connectivity index (χ0n) is 17.2. The highest BCUT2D eigenvalue weighted by Gasteiger charge is 2.20. The van der Waals surface area contributed by atoms with Gasteiger partial charge in [0.25, 0.3) is 0 Å². The molecule has 2 aromatic heterocycles. The van der Waals surface area contributed by atoms with Gasteiger partial charge in [-0.3, -0.25) is 9.98 Å². The van der Waals surface area contributed by atoms with E-state index >= 15 is 0 Å². The van der Waals surface area contributed by atoms with Gasteiger partial charge in [-0.25, -0.2) is 13.4 Å². The van der Waals surface area contributed by atoms with E-state index in [0.29, 0.717) is 24.7 Å². The molecule has 0 bridgehead atoms. The molecule has 5 rings (SSSR count). The Kier molecular flexibility index (Phi) is 5.03. The molecule has 2 aliphatic heterocycles. The van der Waals surface area contributed by atoms with Crippen molar-refractivity contribution in [3.8, 4) is 11.1 Å². The van der Waals surface area contributed by atoms with Crippen molar-refractivity contribution < 1.29 is 13.2 Å². The third-order valence-corrected chi connectivity index (χ3v) is 6.66. The summed E-state index contributed by atoms with van der Waals surface area (Å²) in [6.45, 7) is 3.50. The molecule has 3 aromatic rings. The Morgan fingerprint density at radius 1 is 1.06 bits per heavy atom. The number of nitrogens with zero attached hydrogens (tertiary/aromatic N) is 4. The number of fused-ring (bicyclic) bond motifs is 1. The smallest absolute Gasteiger partial charge is 0.175 e. The van der Waals surface area contributed by atoms with Crippen molar-refractivity contribution in [1.29, 1.82) is 0 Å². The van der Waals surface area contributed by atoms with Crippen LogP contribution in [0.1, 0.15) is 5.69 Å². The molecule has 0 saturated carbocycles. The molecular formula is C23H22N4O3S. The van der Waals surface area contributed by atoms with Gasteiger partial charge in [0, 0.05) is 30.9 Å². The van der Waals surface area contributed by atoms with Crippen LogP contribution in [-0.4, -0.2) is 63.2 Å². The lowest BCUT2D eigenvalue weighted by Gasteiger charge is -2.28. The van der Waals surface area contributed by atoms with Crippen LogP contribution in [-0.2, 0) is 14.6 Å². The number of rotatable bonds is 4. The van der Waals surface area contributed by atoms with Crippen LogP contribution in [0, 0.1) is 0 Å². The minimum Gasteiger partial charge on any atom is -0.378 e. The molecule has 1 aromatic carbocycles. The lowest BCUT2D eigenvalue weighted by atomic mass is 10.00. The number of sulfone groups is 1. The molecule has 7 nitrogen and oxygen atoms in total. The SMILES string of the molecule is CS(=O)(=O)c1ccc(-c2cc(N3CCOCC3)nc3c(C4=NCC=C4)nccc23)cc1. The summed E-state index contributed by atoms with van der Waals surface area (Å²) in [4.78, 5) is 16.6. The molecular weight excluding hydrogens is 412 g/mol. The van der Waals surface area contributed by atoms with Crippen LogP contribution in [0.5, 0.6) is 0 Å². The van der Waals surface area contributed by atoms with Crippen molar-refractivity contribution in [2.45, 2.75) is 4.90 Å². The zero-order chi connectivity index (χ0) is 21.4. The molecule has 158 valence electrons. The number of benzene rings is 1. The van der Waals surface area contributed by atoms with Crippen LogP contribution < -0.4 is 4.90 Å². The molecule has 0 aliphatic carbocycles. The van der Waals surface area contributed by atoms with E-state index in [2.05, 4.69) is 20.9 Å². The molecule has 2 aliphatic rings. The molecule has 1 saturated heterocycles. The van der Waals surface area contributed by atoms with Crippen LogP contribution >= 0.6 is 0 Å². The second kappa shape index (κ2) is 7.86. The molecule has 0 radical (unpaired) electrons. The number of anilines is 1. The summed E-state index contributed by atoms with van der Waals surface area (Å²) < 4.78 is 29.3. The number of hydrogen-bond donors (Lipinski definition) is 0. The second-order valence-electron chi connectivity index (χ2n) is 7.61. The van der Waals surface area contributed by atoms with E-state index in [1.54, 1.807) is 18.3 Å². The van der Waals surface area contributed by atoms with E-state index in [1.807, 2.05) is 30.4 Å². The highest BCUT2D eigenvalue weighted by molar-refractivity contribution is 7.90. The summed E-state index contributed by atoms with van der Waals surface area (Å²) in [5.74, 6) is 0.856. The first-order valence-electron chi connectivity index (χ1n) is 10.1. The van der Waals surface area contributed by atoms with Gasteiger partial charge >= 0.3 is 0 Å². The van der Waals surface area contributed by atoms with Gasteiger partial charge in [0.15, 0.2) is 9.84 Å². The van der Waals surface area contributed by atoms with E-state index in [1.165, 1.54) is 6.26 Å². The van der Waals surface area contributed by atoms with E-state index in [9.17, 15) is 8.42 Å². The fourth-order valence-corrected chi connectivity index (χ4v) is 4.55. The Hall–Kier alpha value is -3.10. The van der Waals surface area contributed by atoms with Gasteiger partial charge < -0.3 is 9.64 Å². The van der Waals surface area contributed by atoms with Gasteiger partial charge in [-0.2, -0.15) is 0 Å². The number of ether oxygens (including phenoxy) is 1. The lowest BCUT2D eigenvalue weighted by Crippen LogP contribution is -2.36. The first-order valence-corrected chi connectivity index (χ1v) is 12.0. The van der Waals surface area contributed by atoms with E-state index in [0.717, 1.165) is 52.3 Å². The summed E-state index contributed by atoms with van der Waals surface area (Å²) in [6.07, 6.45) is 6.98. The number of pyridine rings is 2. The highest BCUT2D eigenvalue weighted by atomic mass is 32.2. The molecule has 4 heterocycles. The topological polar surface area (TPSA) is 84.8 Å². The molecule has 31 heavy (non-hydrogen) atoms. The van der Waals surface area contributed by atoms with Crippen LogP contribution in [0.4, 0.5) is 5.82 Å². The van der Waals surface area contributed by atoms with Gasteiger partial charge in [-0.15, -0.1) is 0 Å². The average Bonchev–Trinajstić information content (AvgIpc) is 3.33. The Bertz CT molecular complexity index is 1310. The molecule has 1 fully saturated rings. The normalized spacial score (nSPS) is 16.7. The second-order valence-corrected chi connectivity index (χ2v) is 9.62. The molecule has 0 amide bonds. The fraction of sp³-hybridized carbons (Fsp3) is 0.261. The van der Waals surface area contributed by atoms with Gasteiger partial charge in [0.1, 0.15) is 17.0 Å². The maximum atomic E-state index is 11.9. The van der Waals surface area contributed by atoms with Crippen molar-refractivity contribution >= 4 is 32.3 Å². The van der Waals surface area contributed by atoms with Crippen molar-refractivity contribution in [2.24, 2.45) is 4.99 Å². The molecule has 0 atom stereocenters. The molecule has 8 heteroatoms. The molecule has 0 N–H and O–H groups in total. The van der Waals surface area contributed by atoms with E-state index in [4.69, 9.17) is 9.72 Å². The quantitative estimate of drug-likeness (QED) is 0.628. The maximum Gasteiger partial charge on any atom is 0.175 e. The van der Waals surface area contributed by atoms with Crippen LogP contribution in [0.15, 0.2) is 64.6 Å². The first-order chi connectivity index (χ1) is 15.0. The Morgan fingerprint density at radius 3 is 2.52 bits per heavy atom. The highest BCUT2D eigenvalue weighted by Crippen LogP contribution is 2.33. The summed E-state index contributed by atoms with van der Waals surface area (Å²) in [5.41, 5.74) is 4.29. The Labute approximate surface area is 181 Å².